The fraction of sp³-hybridized carbons (Fsp3) is 0.571. The molecule has 1 atom stereocenters. The number of aryl methyl sites for hydroxylation is 1. The van der Waals surface area contributed by atoms with Gasteiger partial charge in [-0.25, -0.2) is 0 Å². The van der Waals surface area contributed by atoms with E-state index < -0.39 is 0 Å². The van der Waals surface area contributed by atoms with E-state index in [0.717, 1.165) is 38.0 Å². The van der Waals surface area contributed by atoms with Crippen molar-refractivity contribution in [1.29, 1.82) is 0 Å². The Morgan fingerprint density at radius 3 is 2.41 bits per heavy atom. The number of methoxy groups -OCH3 is 2. The lowest BCUT2D eigenvalue weighted by molar-refractivity contribution is 0.190. The van der Waals surface area contributed by atoms with Crippen molar-refractivity contribution in [3.05, 3.63) is 29.8 Å². The summed E-state index contributed by atoms with van der Waals surface area (Å²) in [5, 5.41) is 0. The second kappa shape index (κ2) is 8.09. The van der Waals surface area contributed by atoms with Crippen LogP contribution in [0.2, 0.25) is 0 Å². The maximum absolute atomic E-state index is 6.04. The van der Waals surface area contributed by atoms with Gasteiger partial charge in [-0.2, -0.15) is 0 Å². The molecule has 0 saturated carbocycles. The van der Waals surface area contributed by atoms with Gasteiger partial charge in [0.05, 0.1) is 7.11 Å². The van der Waals surface area contributed by atoms with Crippen molar-refractivity contribution in [2.75, 3.05) is 20.8 Å². The van der Waals surface area contributed by atoms with Crippen molar-refractivity contribution in [3.63, 3.8) is 0 Å². The lowest BCUT2D eigenvalue weighted by atomic mass is 10.0. The molecule has 0 spiro atoms. The summed E-state index contributed by atoms with van der Waals surface area (Å²) in [5.74, 6) is 0.901. The molecule has 0 aliphatic rings. The average Bonchev–Trinajstić information content (AvgIpc) is 2.37. The summed E-state index contributed by atoms with van der Waals surface area (Å²) in [4.78, 5) is 0. The molecule has 3 heteroatoms. The number of hydrogen-bond donors (Lipinski definition) is 1. The van der Waals surface area contributed by atoms with Crippen LogP contribution < -0.4 is 10.5 Å². The normalized spacial score (nSPS) is 12.4. The van der Waals surface area contributed by atoms with Crippen LogP contribution in [-0.2, 0) is 11.2 Å². The predicted molar refractivity (Wildman–Crippen MR) is 70.4 cm³/mol. The van der Waals surface area contributed by atoms with Gasteiger partial charge in [-0.15, -0.1) is 0 Å². The molecule has 0 fully saturated rings. The van der Waals surface area contributed by atoms with Crippen LogP contribution in [0.4, 0.5) is 0 Å². The summed E-state index contributed by atoms with van der Waals surface area (Å²) in [7, 11) is 3.41. The Morgan fingerprint density at radius 2 is 1.82 bits per heavy atom. The van der Waals surface area contributed by atoms with Crippen LogP contribution in [0.25, 0.3) is 0 Å². The van der Waals surface area contributed by atoms with Crippen LogP contribution in [0, 0.1) is 0 Å². The number of nitrogens with two attached hydrogens (primary N) is 1. The van der Waals surface area contributed by atoms with Gasteiger partial charge < -0.3 is 15.2 Å². The Bertz CT molecular complexity index is 298. The summed E-state index contributed by atoms with van der Waals surface area (Å²) < 4.78 is 10.1. The first-order valence-electron chi connectivity index (χ1n) is 6.13. The Hall–Kier alpha value is -1.06. The highest BCUT2D eigenvalue weighted by Crippen LogP contribution is 2.13. The van der Waals surface area contributed by atoms with E-state index in [2.05, 4.69) is 12.1 Å². The highest BCUT2D eigenvalue weighted by Gasteiger charge is 2.03. The van der Waals surface area contributed by atoms with E-state index in [1.807, 2.05) is 12.1 Å². The molecule has 1 unspecified atom stereocenters. The summed E-state index contributed by atoms with van der Waals surface area (Å²) in [6.07, 6.45) is 4.12. The molecule has 1 aromatic carbocycles. The van der Waals surface area contributed by atoms with Gasteiger partial charge in [0.25, 0.3) is 0 Å². The van der Waals surface area contributed by atoms with E-state index in [9.17, 15) is 0 Å². The second-order valence-electron chi connectivity index (χ2n) is 4.28. The van der Waals surface area contributed by atoms with Crippen molar-refractivity contribution in [2.24, 2.45) is 5.73 Å². The van der Waals surface area contributed by atoms with E-state index in [1.54, 1.807) is 14.2 Å². The molecular weight excluding hydrogens is 214 g/mol. The third kappa shape index (κ3) is 5.71. The first kappa shape index (κ1) is 14.0. The van der Waals surface area contributed by atoms with E-state index in [1.165, 1.54) is 5.56 Å². The first-order valence-corrected chi connectivity index (χ1v) is 6.13. The molecule has 96 valence electrons. The average molecular weight is 237 g/mol. The molecule has 0 aliphatic carbocycles. The van der Waals surface area contributed by atoms with Crippen LogP contribution >= 0.6 is 0 Å². The van der Waals surface area contributed by atoms with Gasteiger partial charge >= 0.3 is 0 Å². The van der Waals surface area contributed by atoms with Gasteiger partial charge in [0.15, 0.2) is 0 Å². The third-order valence-electron chi connectivity index (χ3n) is 2.89. The molecule has 0 radical (unpaired) electrons. The Morgan fingerprint density at radius 1 is 1.12 bits per heavy atom. The third-order valence-corrected chi connectivity index (χ3v) is 2.89. The topological polar surface area (TPSA) is 44.5 Å². The SMILES string of the molecule is COCCCC(N)CCc1ccc(OC)cc1. The van der Waals surface area contributed by atoms with Gasteiger partial charge in [0.2, 0.25) is 0 Å². The molecule has 1 rings (SSSR count). The molecule has 17 heavy (non-hydrogen) atoms. The maximum atomic E-state index is 6.04. The predicted octanol–water partition coefficient (Wildman–Crippen LogP) is 2.38. The van der Waals surface area contributed by atoms with E-state index in [0.29, 0.717) is 0 Å². The minimum absolute atomic E-state index is 0.271. The molecule has 3 nitrogen and oxygen atoms in total. The molecule has 0 amide bonds. The van der Waals surface area contributed by atoms with Crippen molar-refractivity contribution in [3.8, 4) is 5.75 Å². The number of ether oxygens (including phenoxy) is 2. The van der Waals surface area contributed by atoms with Gasteiger partial charge in [-0.1, -0.05) is 12.1 Å². The fourth-order valence-electron chi connectivity index (χ4n) is 1.78. The zero-order valence-electron chi connectivity index (χ0n) is 10.8. The minimum Gasteiger partial charge on any atom is -0.497 e. The lowest BCUT2D eigenvalue weighted by Crippen LogP contribution is -2.21. The monoisotopic (exact) mass is 237 g/mol. The molecule has 1 aromatic rings. The minimum atomic E-state index is 0.271. The number of hydrogen-bond acceptors (Lipinski definition) is 3. The number of benzene rings is 1. The van der Waals surface area contributed by atoms with Gasteiger partial charge in [0, 0.05) is 19.8 Å². The summed E-state index contributed by atoms with van der Waals surface area (Å²) in [6.45, 7) is 0.802. The van der Waals surface area contributed by atoms with Crippen LogP contribution in [0.3, 0.4) is 0 Å². The van der Waals surface area contributed by atoms with Crippen molar-refractivity contribution >= 4 is 0 Å². The zero-order valence-corrected chi connectivity index (χ0v) is 10.8. The van der Waals surface area contributed by atoms with E-state index >= 15 is 0 Å². The van der Waals surface area contributed by atoms with Crippen molar-refractivity contribution in [1.82, 2.24) is 0 Å². The molecule has 0 bridgehead atoms. The highest BCUT2D eigenvalue weighted by atomic mass is 16.5. The van der Waals surface area contributed by atoms with Crippen molar-refractivity contribution < 1.29 is 9.47 Å². The fourth-order valence-corrected chi connectivity index (χ4v) is 1.78. The Kier molecular flexibility index (Phi) is 6.67. The van der Waals surface area contributed by atoms with Gasteiger partial charge in [-0.05, 0) is 43.4 Å². The van der Waals surface area contributed by atoms with E-state index in [-0.39, 0.29) is 6.04 Å². The lowest BCUT2D eigenvalue weighted by Gasteiger charge is -2.11. The number of rotatable bonds is 8. The van der Waals surface area contributed by atoms with Crippen LogP contribution in [0.15, 0.2) is 24.3 Å². The Labute approximate surface area is 104 Å². The van der Waals surface area contributed by atoms with Crippen LogP contribution in [0.1, 0.15) is 24.8 Å². The highest BCUT2D eigenvalue weighted by molar-refractivity contribution is 5.27. The van der Waals surface area contributed by atoms with E-state index in [4.69, 9.17) is 15.2 Å². The molecule has 0 aromatic heterocycles. The molecule has 0 saturated heterocycles. The molecule has 0 heterocycles. The Balaban J connectivity index is 2.24. The summed E-state index contributed by atoms with van der Waals surface area (Å²) >= 11 is 0. The van der Waals surface area contributed by atoms with Crippen LogP contribution in [0.5, 0.6) is 5.75 Å². The maximum Gasteiger partial charge on any atom is 0.118 e. The summed E-state index contributed by atoms with van der Waals surface area (Å²) in [6, 6.07) is 8.45. The zero-order chi connectivity index (χ0) is 12.5. The van der Waals surface area contributed by atoms with Gasteiger partial charge in [0.1, 0.15) is 5.75 Å². The molecule has 0 aliphatic heterocycles. The van der Waals surface area contributed by atoms with Crippen molar-refractivity contribution in [2.45, 2.75) is 31.7 Å². The van der Waals surface area contributed by atoms with Gasteiger partial charge in [-0.3, -0.25) is 0 Å². The smallest absolute Gasteiger partial charge is 0.118 e. The second-order valence-corrected chi connectivity index (χ2v) is 4.28. The summed E-state index contributed by atoms with van der Waals surface area (Å²) in [5.41, 5.74) is 7.35. The molecule has 2 N–H and O–H groups in total. The standard InChI is InChI=1S/C14H23NO2/c1-16-11-3-4-13(15)8-5-12-6-9-14(17-2)10-7-12/h6-7,9-10,13H,3-5,8,11,15H2,1-2H3. The largest absolute Gasteiger partial charge is 0.497 e. The molecular formula is C14H23NO2. The van der Waals surface area contributed by atoms with Crippen LogP contribution in [-0.4, -0.2) is 26.9 Å². The first-order chi connectivity index (χ1) is 8.26. The quantitative estimate of drug-likeness (QED) is 0.706.